The molecule has 2 nitrogen and oxygen atoms in total. The monoisotopic (exact) mass is 273 g/mol. The van der Waals surface area contributed by atoms with Gasteiger partial charge in [-0.15, -0.1) is 0 Å². The van der Waals surface area contributed by atoms with Gasteiger partial charge in [-0.1, -0.05) is 49.9 Å². The van der Waals surface area contributed by atoms with Crippen LogP contribution in [-0.2, 0) is 4.74 Å². The smallest absolute Gasteiger partial charge is 0.0870 e. The van der Waals surface area contributed by atoms with Crippen molar-refractivity contribution >= 4 is 0 Å². The molecule has 2 heteroatoms. The van der Waals surface area contributed by atoms with Gasteiger partial charge in [0.05, 0.1) is 11.6 Å². The Morgan fingerprint density at radius 1 is 1.15 bits per heavy atom. The Morgan fingerprint density at radius 3 is 2.50 bits per heavy atom. The molecule has 0 aromatic heterocycles. The first kappa shape index (κ1) is 14.1. The summed E-state index contributed by atoms with van der Waals surface area (Å²) in [5.74, 6) is 0.770. The average Bonchev–Trinajstić information content (AvgIpc) is 2.46. The summed E-state index contributed by atoms with van der Waals surface area (Å²) in [6.45, 7) is 0. The van der Waals surface area contributed by atoms with Gasteiger partial charge in [0.15, 0.2) is 0 Å². The lowest BCUT2D eigenvalue weighted by Gasteiger charge is -2.41. The Kier molecular flexibility index (Phi) is 4.13. The lowest BCUT2D eigenvalue weighted by atomic mass is 9.75. The first-order chi connectivity index (χ1) is 9.75. The molecule has 2 aliphatic rings. The highest BCUT2D eigenvalue weighted by Gasteiger charge is 2.39. The fourth-order valence-electron chi connectivity index (χ4n) is 3.84. The zero-order chi connectivity index (χ0) is 14.0. The zero-order valence-corrected chi connectivity index (χ0v) is 12.6. The Balaban J connectivity index is 1.83. The highest BCUT2D eigenvalue weighted by Crippen LogP contribution is 2.41. The molecule has 0 radical (unpaired) electrons. The van der Waals surface area contributed by atoms with Gasteiger partial charge in [0, 0.05) is 7.11 Å². The molecule has 1 aromatic rings. The molecule has 110 valence electrons. The molecule has 1 aromatic carbocycles. The summed E-state index contributed by atoms with van der Waals surface area (Å²) >= 11 is 0. The molecular weight excluding hydrogens is 246 g/mol. The minimum atomic E-state index is -0.142. The SMILES string of the molecule is COC1(C(N)c2cccc(C3CCC3)c2)CCCCC1. The van der Waals surface area contributed by atoms with E-state index in [2.05, 4.69) is 24.3 Å². The Labute approximate surface area is 122 Å². The Hall–Kier alpha value is -0.860. The van der Waals surface area contributed by atoms with Crippen LogP contribution < -0.4 is 5.73 Å². The second-order valence-corrected chi connectivity index (χ2v) is 6.61. The molecule has 2 fully saturated rings. The summed E-state index contributed by atoms with van der Waals surface area (Å²) in [5.41, 5.74) is 9.22. The van der Waals surface area contributed by atoms with Crippen molar-refractivity contribution < 1.29 is 4.74 Å². The molecule has 20 heavy (non-hydrogen) atoms. The zero-order valence-electron chi connectivity index (χ0n) is 12.6. The molecule has 0 bridgehead atoms. The topological polar surface area (TPSA) is 35.2 Å². The molecular formula is C18H27NO. The van der Waals surface area contributed by atoms with Gasteiger partial charge >= 0.3 is 0 Å². The van der Waals surface area contributed by atoms with Gasteiger partial charge in [0.1, 0.15) is 0 Å². The molecule has 0 spiro atoms. The predicted molar refractivity (Wildman–Crippen MR) is 82.8 cm³/mol. The van der Waals surface area contributed by atoms with Crippen molar-refractivity contribution in [2.75, 3.05) is 7.11 Å². The highest BCUT2D eigenvalue weighted by molar-refractivity contribution is 5.31. The van der Waals surface area contributed by atoms with Crippen molar-refractivity contribution in [2.24, 2.45) is 5.73 Å². The van der Waals surface area contributed by atoms with E-state index in [1.807, 2.05) is 7.11 Å². The summed E-state index contributed by atoms with van der Waals surface area (Å²) < 4.78 is 5.91. The van der Waals surface area contributed by atoms with Crippen molar-refractivity contribution in [1.82, 2.24) is 0 Å². The van der Waals surface area contributed by atoms with Crippen molar-refractivity contribution in [3.05, 3.63) is 35.4 Å². The number of hydrogen-bond acceptors (Lipinski definition) is 2. The number of rotatable bonds is 4. The molecule has 0 aliphatic heterocycles. The lowest BCUT2D eigenvalue weighted by Crippen LogP contribution is -2.44. The van der Waals surface area contributed by atoms with Gasteiger partial charge in [-0.05, 0) is 42.7 Å². The lowest BCUT2D eigenvalue weighted by molar-refractivity contribution is -0.0595. The third-order valence-corrected chi connectivity index (χ3v) is 5.52. The van der Waals surface area contributed by atoms with E-state index in [-0.39, 0.29) is 11.6 Å². The largest absolute Gasteiger partial charge is 0.376 e. The first-order valence-corrected chi connectivity index (χ1v) is 8.16. The highest BCUT2D eigenvalue weighted by atomic mass is 16.5. The van der Waals surface area contributed by atoms with Crippen molar-refractivity contribution in [2.45, 2.75) is 68.9 Å². The number of benzene rings is 1. The van der Waals surface area contributed by atoms with E-state index in [0.717, 1.165) is 18.8 Å². The summed E-state index contributed by atoms with van der Waals surface area (Å²) in [5, 5.41) is 0. The number of hydrogen-bond donors (Lipinski definition) is 1. The Bertz CT molecular complexity index is 446. The molecule has 0 heterocycles. The maximum atomic E-state index is 6.62. The van der Waals surface area contributed by atoms with Crippen molar-refractivity contribution in [3.8, 4) is 0 Å². The third-order valence-electron chi connectivity index (χ3n) is 5.52. The molecule has 2 N–H and O–H groups in total. The van der Waals surface area contributed by atoms with Crippen LogP contribution in [0.3, 0.4) is 0 Å². The van der Waals surface area contributed by atoms with Crippen LogP contribution in [0.4, 0.5) is 0 Å². The van der Waals surface area contributed by atoms with Crippen molar-refractivity contribution in [3.63, 3.8) is 0 Å². The van der Waals surface area contributed by atoms with Crippen LogP contribution in [0, 0.1) is 0 Å². The fraction of sp³-hybridized carbons (Fsp3) is 0.667. The van der Waals surface area contributed by atoms with E-state index in [4.69, 9.17) is 10.5 Å². The van der Waals surface area contributed by atoms with Crippen LogP contribution in [-0.4, -0.2) is 12.7 Å². The number of methoxy groups -OCH3 is 1. The van der Waals surface area contributed by atoms with Gasteiger partial charge in [-0.2, -0.15) is 0 Å². The van der Waals surface area contributed by atoms with Gasteiger partial charge in [0.25, 0.3) is 0 Å². The minimum Gasteiger partial charge on any atom is -0.376 e. The van der Waals surface area contributed by atoms with E-state index >= 15 is 0 Å². The molecule has 2 saturated carbocycles. The van der Waals surface area contributed by atoms with E-state index in [0.29, 0.717) is 0 Å². The molecule has 0 amide bonds. The van der Waals surface area contributed by atoms with Crippen LogP contribution in [0.5, 0.6) is 0 Å². The van der Waals surface area contributed by atoms with Crippen LogP contribution in [0.15, 0.2) is 24.3 Å². The fourth-order valence-corrected chi connectivity index (χ4v) is 3.84. The number of ether oxygens (including phenoxy) is 1. The van der Waals surface area contributed by atoms with Gasteiger partial charge in [0.2, 0.25) is 0 Å². The summed E-state index contributed by atoms with van der Waals surface area (Å²) in [7, 11) is 1.83. The molecule has 0 saturated heterocycles. The molecule has 1 unspecified atom stereocenters. The van der Waals surface area contributed by atoms with Crippen molar-refractivity contribution in [1.29, 1.82) is 0 Å². The van der Waals surface area contributed by atoms with E-state index < -0.39 is 0 Å². The van der Waals surface area contributed by atoms with Gasteiger partial charge in [-0.25, -0.2) is 0 Å². The second kappa shape index (κ2) is 5.87. The standard InChI is InChI=1S/C18H27NO/c1-20-18(11-3-2-4-12-18)17(19)16-10-6-9-15(13-16)14-7-5-8-14/h6,9-10,13-14,17H,2-5,7-8,11-12,19H2,1H3. The summed E-state index contributed by atoms with van der Waals surface area (Å²) in [6.07, 6.45) is 10.1. The maximum absolute atomic E-state index is 6.62. The minimum absolute atomic E-state index is 0.00725. The number of nitrogens with two attached hydrogens (primary N) is 1. The molecule has 1 atom stereocenters. The van der Waals surface area contributed by atoms with E-state index in [9.17, 15) is 0 Å². The molecule has 2 aliphatic carbocycles. The van der Waals surface area contributed by atoms with Crippen LogP contribution >= 0.6 is 0 Å². The van der Waals surface area contributed by atoms with Crippen LogP contribution in [0.2, 0.25) is 0 Å². The second-order valence-electron chi connectivity index (χ2n) is 6.61. The maximum Gasteiger partial charge on any atom is 0.0870 e. The quantitative estimate of drug-likeness (QED) is 0.887. The summed E-state index contributed by atoms with van der Waals surface area (Å²) in [6, 6.07) is 8.97. The van der Waals surface area contributed by atoms with Crippen LogP contribution in [0.1, 0.15) is 74.5 Å². The van der Waals surface area contributed by atoms with Crippen LogP contribution in [0.25, 0.3) is 0 Å². The van der Waals surface area contributed by atoms with E-state index in [1.165, 1.54) is 49.7 Å². The average molecular weight is 273 g/mol. The predicted octanol–water partition coefficient (Wildman–Crippen LogP) is 4.30. The Morgan fingerprint density at radius 2 is 1.90 bits per heavy atom. The molecule has 3 rings (SSSR count). The first-order valence-electron chi connectivity index (χ1n) is 8.16. The van der Waals surface area contributed by atoms with Gasteiger partial charge in [-0.3, -0.25) is 0 Å². The third kappa shape index (κ3) is 2.51. The normalized spacial score (nSPS) is 24.1. The van der Waals surface area contributed by atoms with Gasteiger partial charge < -0.3 is 10.5 Å². The summed E-state index contributed by atoms with van der Waals surface area (Å²) in [4.78, 5) is 0. The van der Waals surface area contributed by atoms with E-state index in [1.54, 1.807) is 0 Å².